The number of carboxylic acid groups (broad SMARTS) is 3. The topological polar surface area (TPSA) is 257 Å². The van der Waals surface area contributed by atoms with E-state index in [9.17, 15) is 43.6 Å². The minimum atomic E-state index is -0.994. The van der Waals surface area contributed by atoms with Gasteiger partial charge in [0.1, 0.15) is 23.0 Å². The molecule has 3 aromatic heterocycles. The number of para-hydroxylation sites is 3. The Balaban J connectivity index is 0.000000157. The van der Waals surface area contributed by atoms with Crippen molar-refractivity contribution in [2.75, 3.05) is 29.6 Å². The number of carboxylic acids is 3. The molecular formula is C73H64Cl2F2N6O10S3. The van der Waals surface area contributed by atoms with E-state index in [2.05, 4.69) is 20.9 Å². The maximum Gasteiger partial charge on any atom is 0.335 e. The number of anilines is 3. The Morgan fingerprint density at radius 3 is 1.52 bits per heavy atom. The van der Waals surface area contributed by atoms with Gasteiger partial charge in [0.15, 0.2) is 27.0 Å². The lowest BCUT2D eigenvalue weighted by Crippen LogP contribution is -2.25. The number of nitrogens with one attached hydrogen (secondary N) is 3. The summed E-state index contributed by atoms with van der Waals surface area (Å²) in [7, 11) is 1.65. The van der Waals surface area contributed by atoms with E-state index in [-0.39, 0.29) is 46.3 Å². The first-order chi connectivity index (χ1) is 46.4. The number of aliphatic carboxylic acids is 1. The van der Waals surface area contributed by atoms with Crippen molar-refractivity contribution in [2.45, 2.75) is 58.0 Å². The molecule has 0 amide bonds. The van der Waals surface area contributed by atoms with Crippen molar-refractivity contribution in [2.24, 2.45) is 11.8 Å². The summed E-state index contributed by atoms with van der Waals surface area (Å²) in [6.07, 6.45) is 4.51. The minimum Gasteiger partial charge on any atom is -0.508 e. The smallest absolute Gasteiger partial charge is 0.335 e. The molecule has 12 rings (SSSR count). The second-order valence-electron chi connectivity index (χ2n) is 22.4. The number of carbonyl (C=O) groups is 3. The van der Waals surface area contributed by atoms with Gasteiger partial charge in [0.05, 0.1) is 41.2 Å². The van der Waals surface area contributed by atoms with Gasteiger partial charge >= 0.3 is 17.9 Å². The van der Waals surface area contributed by atoms with Gasteiger partial charge in [-0.05, 0) is 144 Å². The third-order valence-electron chi connectivity index (χ3n) is 15.9. The highest BCUT2D eigenvalue weighted by Gasteiger charge is 2.27. The summed E-state index contributed by atoms with van der Waals surface area (Å²) < 4.78 is 33.5. The summed E-state index contributed by atoms with van der Waals surface area (Å²) in [6.45, 7) is 1.65. The molecule has 16 nitrogen and oxygen atoms in total. The number of hydrogen-bond acceptors (Lipinski definition) is 16. The van der Waals surface area contributed by atoms with E-state index in [1.165, 1.54) is 46.9 Å². The molecule has 0 saturated heterocycles. The summed E-state index contributed by atoms with van der Waals surface area (Å²) in [4.78, 5) is 50.1. The van der Waals surface area contributed by atoms with Gasteiger partial charge in [-0.2, -0.15) is 0 Å². The highest BCUT2D eigenvalue weighted by atomic mass is 35.5. The van der Waals surface area contributed by atoms with E-state index in [1.807, 2.05) is 60.7 Å². The number of halogens is 4. The van der Waals surface area contributed by atoms with Crippen molar-refractivity contribution >= 4 is 90.5 Å². The first kappa shape index (κ1) is 68.9. The van der Waals surface area contributed by atoms with Gasteiger partial charge in [0.2, 0.25) is 0 Å². The maximum atomic E-state index is 14.3. The number of benzene rings is 8. The summed E-state index contributed by atoms with van der Waals surface area (Å²) in [5.74, 6) is -3.03. The number of hydrogen-bond donors (Lipinski definition) is 9. The molecule has 492 valence electrons. The number of aromatic carboxylic acids is 2. The van der Waals surface area contributed by atoms with Gasteiger partial charge in [-0.3, -0.25) is 4.79 Å². The summed E-state index contributed by atoms with van der Waals surface area (Å²) in [6, 6.07) is 51.5. The van der Waals surface area contributed by atoms with E-state index in [0.29, 0.717) is 68.7 Å². The number of aromatic nitrogens is 3. The van der Waals surface area contributed by atoms with Gasteiger partial charge in [-0.25, -0.2) is 33.3 Å². The second-order valence-corrected chi connectivity index (χ2v) is 26.4. The second kappa shape index (κ2) is 32.5. The van der Waals surface area contributed by atoms with Crippen LogP contribution in [0.5, 0.6) is 23.0 Å². The van der Waals surface area contributed by atoms with Crippen molar-refractivity contribution in [1.82, 2.24) is 15.0 Å². The number of phenolic OH excluding ortho intramolecular Hbond substituents is 3. The van der Waals surface area contributed by atoms with E-state index in [4.69, 9.17) is 48.1 Å². The molecule has 0 radical (unpaired) electrons. The fourth-order valence-corrected chi connectivity index (χ4v) is 14.3. The van der Waals surface area contributed by atoms with Crippen LogP contribution in [-0.4, -0.2) is 77.2 Å². The quantitative estimate of drug-likeness (QED) is 0.0306. The predicted molar refractivity (Wildman–Crippen MR) is 375 cm³/mol. The van der Waals surface area contributed by atoms with Gasteiger partial charge in [0, 0.05) is 80.3 Å². The molecule has 96 heavy (non-hydrogen) atoms. The highest BCUT2D eigenvalue weighted by Crippen LogP contribution is 2.42. The van der Waals surface area contributed by atoms with Gasteiger partial charge in [-0.15, -0.1) is 34.0 Å². The fraction of sp³-hybridized carbons (Fsp3) is 0.178. The van der Waals surface area contributed by atoms with E-state index in [1.54, 1.807) is 109 Å². The van der Waals surface area contributed by atoms with Crippen LogP contribution in [0.4, 0.5) is 24.2 Å². The van der Waals surface area contributed by atoms with Crippen LogP contribution in [0.2, 0.25) is 10.0 Å². The van der Waals surface area contributed by atoms with E-state index >= 15 is 0 Å². The Bertz CT molecular complexity index is 4500. The molecule has 1 aliphatic rings. The maximum absolute atomic E-state index is 14.3. The number of phenols is 3. The van der Waals surface area contributed by atoms with Gasteiger partial charge in [-0.1, -0.05) is 120 Å². The largest absolute Gasteiger partial charge is 0.508 e. The van der Waals surface area contributed by atoms with Crippen LogP contribution in [-0.2, 0) is 37.1 Å². The highest BCUT2D eigenvalue weighted by molar-refractivity contribution is 7.16. The van der Waals surface area contributed by atoms with Crippen LogP contribution < -0.4 is 20.7 Å². The van der Waals surface area contributed by atoms with Crippen LogP contribution in [0.3, 0.4) is 0 Å². The third-order valence-corrected chi connectivity index (χ3v) is 19.6. The van der Waals surface area contributed by atoms with Crippen LogP contribution in [0, 0.1) is 23.5 Å². The third kappa shape index (κ3) is 17.9. The van der Waals surface area contributed by atoms with Crippen LogP contribution in [0.15, 0.2) is 182 Å². The summed E-state index contributed by atoms with van der Waals surface area (Å²) in [5, 5.41) is 71.2. The number of nitrogens with zero attached hydrogens (tertiary/aromatic N) is 3. The molecular weight excluding hydrogens is 1330 g/mol. The molecule has 0 atom stereocenters. The Labute approximate surface area is 573 Å². The standard InChI is InChI=1S/C25H22N2O4S.C24H24Cl2N2O3S.C24H18F2N2O3S/c1-31-21-9-5-2-6-18(21)14-22-23(19-7-3-4-8-20(19)28)27-25(32-22)26-15-16-10-12-17(13-11-16)24(29)30;25-19-5-2-6-20(26)18(19)12-21-22(16-3-1-4-17(29)11-16)28-24(32-21)27-13-14-7-9-15(10-8-14)23(30)31;25-18-6-3-4-16(21(18)26)12-20-22(17-5-1-2-7-19(17)29)28-24(32-20)27-13-14-8-10-15(11-9-14)23(30)31/h2-13,28H,14-15H2,1H3,(H,26,27)(H,29,30);1-6,11,14-15,29H,7-10,12-13H2,(H,27,28)(H,30,31);1-11,29H,12-13H2,(H,27,28)(H,30,31). The first-order valence-corrected chi connectivity index (χ1v) is 33.5. The molecule has 3 heterocycles. The minimum absolute atomic E-state index is 0.0366. The zero-order valence-electron chi connectivity index (χ0n) is 51.4. The van der Waals surface area contributed by atoms with Crippen LogP contribution in [0.25, 0.3) is 33.8 Å². The van der Waals surface area contributed by atoms with Crippen LogP contribution >= 0.6 is 57.2 Å². The molecule has 8 aromatic carbocycles. The molecule has 1 saturated carbocycles. The van der Waals surface area contributed by atoms with Crippen molar-refractivity contribution in [3.05, 3.63) is 257 Å². The Morgan fingerprint density at radius 2 is 1.00 bits per heavy atom. The number of ether oxygens (including phenoxy) is 1. The van der Waals surface area contributed by atoms with Crippen molar-refractivity contribution in [1.29, 1.82) is 0 Å². The number of rotatable bonds is 22. The molecule has 0 unspecified atom stereocenters. The normalized spacial score (nSPS) is 13.3. The molecule has 11 aromatic rings. The number of methoxy groups -OCH3 is 1. The van der Waals surface area contributed by atoms with E-state index < -0.39 is 29.5 Å². The van der Waals surface area contributed by atoms with Gasteiger partial charge < -0.3 is 51.3 Å². The molecule has 0 bridgehead atoms. The lowest BCUT2D eigenvalue weighted by atomic mass is 9.82. The first-order valence-electron chi connectivity index (χ1n) is 30.3. The van der Waals surface area contributed by atoms with Crippen molar-refractivity contribution in [3.8, 4) is 56.8 Å². The molecule has 9 N–H and O–H groups in total. The molecule has 0 aliphatic heterocycles. The zero-order chi connectivity index (χ0) is 67.8. The Hall–Kier alpha value is -9.90. The number of thiazole rings is 3. The monoisotopic (exact) mass is 1390 g/mol. The lowest BCUT2D eigenvalue weighted by molar-refractivity contribution is -0.143. The molecule has 1 aliphatic carbocycles. The number of aromatic hydroxyl groups is 3. The zero-order valence-corrected chi connectivity index (χ0v) is 55.4. The van der Waals surface area contributed by atoms with E-state index in [0.717, 1.165) is 103 Å². The molecule has 0 spiro atoms. The predicted octanol–water partition coefficient (Wildman–Crippen LogP) is 17.8. The Kier molecular flexibility index (Phi) is 23.3. The fourth-order valence-electron chi connectivity index (χ4n) is 10.8. The van der Waals surface area contributed by atoms with Gasteiger partial charge in [0.25, 0.3) is 0 Å². The summed E-state index contributed by atoms with van der Waals surface area (Å²) >= 11 is 17.2. The Morgan fingerprint density at radius 1 is 0.531 bits per heavy atom. The van der Waals surface area contributed by atoms with Crippen molar-refractivity contribution in [3.63, 3.8) is 0 Å². The van der Waals surface area contributed by atoms with Crippen molar-refractivity contribution < 1.29 is 58.5 Å². The lowest BCUT2D eigenvalue weighted by Gasteiger charge is -2.26. The van der Waals surface area contributed by atoms with Crippen LogP contribution in [0.1, 0.15) is 88.8 Å². The molecule has 23 heteroatoms. The SMILES string of the molecule is COc1ccccc1Cc1sc(NCc2ccc(C(=O)O)cc2)nc1-c1ccccc1O.O=C(O)C1CCC(CNc2nc(-c3cccc(O)c3)c(Cc3c(Cl)cccc3Cl)s2)CC1.O=C(O)c1ccc(CNc2nc(-c3ccccc3O)c(Cc3cccc(F)c3F)s2)cc1. The molecule has 1 fully saturated rings. The average Bonchev–Trinajstić information content (AvgIpc) is 1.66. The average molecular weight is 1390 g/mol. The summed E-state index contributed by atoms with van der Waals surface area (Å²) in [5.41, 5.74) is 8.33.